The van der Waals surface area contributed by atoms with Crippen molar-refractivity contribution < 1.29 is 8.42 Å². The summed E-state index contributed by atoms with van der Waals surface area (Å²) in [5.74, 6) is 0. The van der Waals surface area contributed by atoms with Gasteiger partial charge >= 0.3 is 0 Å². The lowest BCUT2D eigenvalue weighted by molar-refractivity contribution is 0.600. The molecule has 0 saturated carbocycles. The monoisotopic (exact) mass is 345 g/mol. The third-order valence-corrected chi connectivity index (χ3v) is 5.25. The summed E-state index contributed by atoms with van der Waals surface area (Å²) in [6.45, 7) is 3.45. The Labute approximate surface area is 133 Å². The fourth-order valence-electron chi connectivity index (χ4n) is 1.70. The lowest BCUT2D eigenvalue weighted by Crippen LogP contribution is -2.16. The van der Waals surface area contributed by atoms with Gasteiger partial charge in [0.15, 0.2) is 5.13 Å². The maximum Gasteiger partial charge on any atom is 0.263 e. The topological polar surface area (TPSA) is 71.1 Å². The number of nitrogens with one attached hydrogen (secondary N) is 2. The summed E-state index contributed by atoms with van der Waals surface area (Å²) in [4.78, 5) is 4.09. The minimum Gasteiger partial charge on any atom is -0.313 e. The predicted octanol–water partition coefficient (Wildman–Crippen LogP) is 3.10. The highest BCUT2D eigenvalue weighted by Gasteiger charge is 2.17. The van der Waals surface area contributed by atoms with E-state index in [4.69, 9.17) is 11.6 Å². The van der Waals surface area contributed by atoms with Gasteiger partial charge < -0.3 is 5.32 Å². The first kappa shape index (κ1) is 16.2. The molecule has 21 heavy (non-hydrogen) atoms. The lowest BCUT2D eigenvalue weighted by Gasteiger charge is -2.10. The van der Waals surface area contributed by atoms with Crippen molar-refractivity contribution in [1.29, 1.82) is 0 Å². The molecule has 0 saturated heterocycles. The van der Waals surface area contributed by atoms with Gasteiger partial charge in [-0.15, -0.1) is 11.3 Å². The van der Waals surface area contributed by atoms with Gasteiger partial charge in [-0.25, -0.2) is 13.4 Å². The third-order valence-electron chi connectivity index (χ3n) is 2.72. The van der Waals surface area contributed by atoms with E-state index < -0.39 is 10.0 Å². The summed E-state index contributed by atoms with van der Waals surface area (Å²) in [5.41, 5.74) is 0.757. The number of halogens is 1. The number of rotatable bonds is 7. The van der Waals surface area contributed by atoms with Crippen LogP contribution in [0.15, 0.2) is 34.7 Å². The average molecular weight is 346 g/mol. The van der Waals surface area contributed by atoms with Crippen molar-refractivity contribution >= 4 is 38.1 Å². The second-order valence-corrected chi connectivity index (χ2v) is 7.36. The number of hydrogen-bond donors (Lipinski definition) is 2. The Morgan fingerprint density at radius 2 is 2.19 bits per heavy atom. The van der Waals surface area contributed by atoms with Crippen molar-refractivity contribution in [3.8, 4) is 0 Å². The summed E-state index contributed by atoms with van der Waals surface area (Å²) < 4.78 is 27.0. The van der Waals surface area contributed by atoms with Crippen LogP contribution in [-0.2, 0) is 16.6 Å². The first-order chi connectivity index (χ1) is 10.0. The Balaban J connectivity index is 2.20. The zero-order valence-corrected chi connectivity index (χ0v) is 13.9. The van der Waals surface area contributed by atoms with Gasteiger partial charge in [0.05, 0.1) is 4.90 Å². The van der Waals surface area contributed by atoms with Gasteiger partial charge in [0.2, 0.25) is 0 Å². The zero-order valence-electron chi connectivity index (χ0n) is 11.5. The van der Waals surface area contributed by atoms with E-state index in [9.17, 15) is 8.42 Å². The van der Waals surface area contributed by atoms with Crippen molar-refractivity contribution in [2.45, 2.75) is 24.8 Å². The molecule has 0 amide bonds. The van der Waals surface area contributed by atoms with E-state index in [1.807, 2.05) is 0 Å². The van der Waals surface area contributed by atoms with Crippen molar-refractivity contribution in [3.05, 3.63) is 40.4 Å². The van der Waals surface area contributed by atoms with Gasteiger partial charge in [-0.3, -0.25) is 4.72 Å². The molecule has 0 aliphatic carbocycles. The number of sulfonamides is 1. The van der Waals surface area contributed by atoms with E-state index in [1.165, 1.54) is 17.4 Å². The van der Waals surface area contributed by atoms with E-state index >= 15 is 0 Å². The first-order valence-electron chi connectivity index (χ1n) is 6.44. The summed E-state index contributed by atoms with van der Waals surface area (Å²) in [7, 11) is -3.64. The van der Waals surface area contributed by atoms with Gasteiger partial charge in [0, 0.05) is 23.1 Å². The van der Waals surface area contributed by atoms with Gasteiger partial charge in [0.1, 0.15) is 0 Å². The van der Waals surface area contributed by atoms with Gasteiger partial charge in [-0.1, -0.05) is 18.5 Å². The Bertz CT molecular complexity index is 687. The lowest BCUT2D eigenvalue weighted by atomic mass is 10.2. The standard InChI is InChI=1S/C13H16ClN3O2S2/c1-2-5-15-9-10-8-11(3-4-12(10)14)21(18,19)17-13-16-6-7-20-13/h3-4,6-8,15H,2,5,9H2,1H3,(H,16,17). The van der Waals surface area contributed by atoms with Crippen LogP contribution in [0.2, 0.25) is 5.02 Å². The molecule has 2 rings (SSSR count). The van der Waals surface area contributed by atoms with Crippen molar-refractivity contribution in [2.24, 2.45) is 0 Å². The smallest absolute Gasteiger partial charge is 0.263 e. The van der Waals surface area contributed by atoms with Crippen LogP contribution >= 0.6 is 22.9 Å². The molecule has 1 aromatic heterocycles. The molecule has 0 bridgehead atoms. The van der Waals surface area contributed by atoms with Gasteiger partial charge in [-0.2, -0.15) is 0 Å². The van der Waals surface area contributed by atoms with Crippen molar-refractivity contribution in [1.82, 2.24) is 10.3 Å². The maximum atomic E-state index is 12.3. The summed E-state index contributed by atoms with van der Waals surface area (Å²) in [5, 5.41) is 5.81. The Morgan fingerprint density at radius 3 is 2.86 bits per heavy atom. The zero-order chi connectivity index (χ0) is 15.3. The highest BCUT2D eigenvalue weighted by atomic mass is 35.5. The normalized spacial score (nSPS) is 11.5. The number of thiazole rings is 1. The molecular formula is C13H16ClN3O2S2. The second kappa shape index (κ2) is 7.22. The van der Waals surface area contributed by atoms with E-state index in [-0.39, 0.29) is 4.90 Å². The largest absolute Gasteiger partial charge is 0.313 e. The molecule has 0 aliphatic heterocycles. The third kappa shape index (κ3) is 4.41. The maximum absolute atomic E-state index is 12.3. The average Bonchev–Trinajstić information content (AvgIpc) is 2.93. The van der Waals surface area contributed by atoms with Gasteiger partial charge in [-0.05, 0) is 36.7 Å². The van der Waals surface area contributed by atoms with Crippen molar-refractivity contribution in [3.63, 3.8) is 0 Å². The quantitative estimate of drug-likeness (QED) is 0.756. The molecule has 5 nitrogen and oxygen atoms in total. The molecule has 2 aromatic rings. The molecule has 2 N–H and O–H groups in total. The Kier molecular flexibility index (Phi) is 5.58. The van der Waals surface area contributed by atoms with Crippen LogP contribution in [-0.4, -0.2) is 19.9 Å². The van der Waals surface area contributed by atoms with Crippen LogP contribution in [0, 0.1) is 0 Å². The molecule has 1 aromatic carbocycles. The van der Waals surface area contributed by atoms with E-state index in [2.05, 4.69) is 21.9 Å². The van der Waals surface area contributed by atoms with Crippen LogP contribution in [0.5, 0.6) is 0 Å². The number of benzene rings is 1. The summed E-state index contributed by atoms with van der Waals surface area (Å²) in [6, 6.07) is 4.67. The fraction of sp³-hybridized carbons (Fsp3) is 0.308. The molecular weight excluding hydrogens is 330 g/mol. The van der Waals surface area contributed by atoms with E-state index in [1.54, 1.807) is 23.7 Å². The molecule has 0 spiro atoms. The van der Waals surface area contributed by atoms with Crippen LogP contribution in [0.25, 0.3) is 0 Å². The van der Waals surface area contributed by atoms with Crippen LogP contribution in [0.3, 0.4) is 0 Å². The number of aromatic nitrogens is 1. The predicted molar refractivity (Wildman–Crippen MR) is 86.4 cm³/mol. The molecule has 8 heteroatoms. The number of nitrogens with zero attached hydrogens (tertiary/aromatic N) is 1. The molecule has 0 atom stereocenters. The molecule has 0 fully saturated rings. The van der Waals surface area contributed by atoms with Crippen molar-refractivity contribution in [2.75, 3.05) is 11.3 Å². The summed E-state index contributed by atoms with van der Waals surface area (Å²) >= 11 is 7.33. The minimum atomic E-state index is -3.64. The fourth-order valence-corrected chi connectivity index (χ4v) is 3.72. The number of anilines is 1. The van der Waals surface area contributed by atoms with E-state index in [0.29, 0.717) is 16.7 Å². The van der Waals surface area contributed by atoms with Crippen LogP contribution < -0.4 is 10.0 Å². The highest BCUT2D eigenvalue weighted by molar-refractivity contribution is 7.93. The SMILES string of the molecule is CCCNCc1cc(S(=O)(=O)Nc2nccs2)ccc1Cl. The van der Waals surface area contributed by atoms with Crippen LogP contribution in [0.1, 0.15) is 18.9 Å². The highest BCUT2D eigenvalue weighted by Crippen LogP contribution is 2.23. The molecule has 114 valence electrons. The van der Waals surface area contributed by atoms with Crippen LogP contribution in [0.4, 0.5) is 5.13 Å². The molecule has 0 radical (unpaired) electrons. The summed E-state index contributed by atoms with van der Waals surface area (Å²) in [6.07, 6.45) is 2.55. The molecule has 0 aliphatic rings. The second-order valence-electron chi connectivity index (χ2n) is 4.37. The van der Waals surface area contributed by atoms with Gasteiger partial charge in [0.25, 0.3) is 10.0 Å². The number of hydrogen-bond acceptors (Lipinski definition) is 5. The minimum absolute atomic E-state index is 0.176. The van der Waals surface area contributed by atoms with E-state index in [0.717, 1.165) is 18.5 Å². The molecule has 0 unspecified atom stereocenters. The Hall–Kier alpha value is -1.15. The first-order valence-corrected chi connectivity index (χ1v) is 9.18. The Morgan fingerprint density at radius 1 is 1.38 bits per heavy atom. The molecule has 1 heterocycles.